The molecule has 1 aliphatic heterocycles. The molecule has 24 heavy (non-hydrogen) atoms. The van der Waals surface area contributed by atoms with Crippen molar-refractivity contribution in [2.75, 3.05) is 0 Å². The fraction of sp³-hybridized carbons (Fsp3) is 0.350. The molecule has 0 aromatic heterocycles. The lowest BCUT2D eigenvalue weighted by molar-refractivity contribution is -0.141. The lowest BCUT2D eigenvalue weighted by Crippen LogP contribution is -2.30. The third kappa shape index (κ3) is 1.71. The van der Waals surface area contributed by atoms with Crippen molar-refractivity contribution in [3.05, 3.63) is 54.1 Å². The minimum atomic E-state index is -0.176. The molecule has 0 N–H and O–H groups in total. The van der Waals surface area contributed by atoms with Crippen molar-refractivity contribution in [3.8, 4) is 0 Å². The average Bonchev–Trinajstić information content (AvgIpc) is 3.20. The van der Waals surface area contributed by atoms with Gasteiger partial charge in [-0.2, -0.15) is 10.1 Å². The largest absolute Gasteiger partial charge is 0.272 e. The fourth-order valence-electron chi connectivity index (χ4n) is 5.00. The molecule has 3 fully saturated rings. The van der Waals surface area contributed by atoms with Crippen LogP contribution in [-0.4, -0.2) is 23.0 Å². The smallest absolute Gasteiger partial charge is 0.254 e. The molecule has 4 atom stereocenters. The van der Waals surface area contributed by atoms with Gasteiger partial charge in [-0.3, -0.25) is 9.59 Å². The van der Waals surface area contributed by atoms with Crippen LogP contribution in [0.15, 0.2) is 53.7 Å². The zero-order valence-electron chi connectivity index (χ0n) is 13.2. The Labute approximate surface area is 140 Å². The Morgan fingerprint density at radius 1 is 1.00 bits per heavy atom. The molecule has 5 rings (SSSR count). The van der Waals surface area contributed by atoms with Crippen LogP contribution >= 0.6 is 0 Å². The van der Waals surface area contributed by atoms with Crippen LogP contribution in [0.2, 0.25) is 0 Å². The number of carbonyl (C=O) groups excluding carboxylic acids is 2. The molecule has 0 unspecified atom stereocenters. The highest BCUT2D eigenvalue weighted by Crippen LogP contribution is 2.73. The summed E-state index contributed by atoms with van der Waals surface area (Å²) < 4.78 is 0. The Balaban J connectivity index is 1.34. The van der Waals surface area contributed by atoms with Crippen molar-refractivity contribution >= 4 is 24.1 Å². The molecule has 3 aliphatic carbocycles. The lowest BCUT2D eigenvalue weighted by atomic mass is 9.85. The van der Waals surface area contributed by atoms with Crippen LogP contribution in [0.25, 0.3) is 6.08 Å². The van der Waals surface area contributed by atoms with E-state index in [2.05, 4.69) is 17.3 Å². The van der Waals surface area contributed by atoms with E-state index in [0.29, 0.717) is 0 Å². The molecule has 1 spiro atoms. The lowest BCUT2D eigenvalue weighted by Gasteiger charge is -2.18. The maximum absolute atomic E-state index is 12.7. The highest BCUT2D eigenvalue weighted by molar-refractivity contribution is 6.07. The third-order valence-electron chi connectivity index (χ3n) is 6.19. The van der Waals surface area contributed by atoms with Gasteiger partial charge in [-0.05, 0) is 41.7 Å². The number of allylic oxidation sites excluding steroid dienone is 3. The zero-order valence-corrected chi connectivity index (χ0v) is 13.2. The van der Waals surface area contributed by atoms with Crippen molar-refractivity contribution in [1.82, 2.24) is 5.01 Å². The highest BCUT2D eigenvalue weighted by atomic mass is 16.2. The van der Waals surface area contributed by atoms with Crippen molar-refractivity contribution in [1.29, 1.82) is 0 Å². The minimum absolute atomic E-state index is 0.113. The molecule has 4 nitrogen and oxygen atoms in total. The normalized spacial score (nSPS) is 35.1. The molecule has 2 amide bonds. The van der Waals surface area contributed by atoms with E-state index in [9.17, 15) is 9.59 Å². The number of rotatable bonds is 3. The Kier molecular flexibility index (Phi) is 2.76. The summed E-state index contributed by atoms with van der Waals surface area (Å²) in [5.41, 5.74) is 1.29. The number of fused-ring (bicyclic) bond motifs is 3. The summed E-state index contributed by atoms with van der Waals surface area (Å²) in [5.74, 6) is -0.0708. The number of amides is 2. The second-order valence-electron chi connectivity index (χ2n) is 7.24. The van der Waals surface area contributed by atoms with Crippen LogP contribution in [0, 0.1) is 29.1 Å². The molecule has 4 aliphatic rings. The van der Waals surface area contributed by atoms with Crippen LogP contribution < -0.4 is 0 Å². The van der Waals surface area contributed by atoms with E-state index < -0.39 is 0 Å². The second kappa shape index (κ2) is 4.76. The topological polar surface area (TPSA) is 49.7 Å². The summed E-state index contributed by atoms with van der Waals surface area (Å²) in [6, 6.07) is 9.85. The molecule has 1 saturated heterocycles. The number of hydrazone groups is 1. The molecule has 2 saturated carbocycles. The number of benzene rings is 1. The monoisotopic (exact) mass is 318 g/mol. The van der Waals surface area contributed by atoms with E-state index in [1.165, 1.54) is 6.21 Å². The van der Waals surface area contributed by atoms with Gasteiger partial charge in [0.1, 0.15) is 0 Å². The molecule has 1 aromatic rings. The van der Waals surface area contributed by atoms with Gasteiger partial charge in [0.15, 0.2) is 0 Å². The number of nitrogens with zero attached hydrogens (tertiary/aromatic N) is 2. The summed E-state index contributed by atoms with van der Waals surface area (Å²) in [4.78, 5) is 25.4. The summed E-state index contributed by atoms with van der Waals surface area (Å²) in [7, 11) is 0. The Morgan fingerprint density at radius 3 is 2.21 bits per heavy atom. The number of carbonyl (C=O) groups is 2. The molecular weight excluding hydrogens is 300 g/mol. The molecular formula is C20H18N2O2. The van der Waals surface area contributed by atoms with Gasteiger partial charge >= 0.3 is 0 Å². The molecule has 120 valence electrons. The molecule has 0 radical (unpaired) electrons. The van der Waals surface area contributed by atoms with Gasteiger partial charge in [-0.1, -0.05) is 48.6 Å². The van der Waals surface area contributed by atoms with E-state index in [-0.39, 0.29) is 40.9 Å². The van der Waals surface area contributed by atoms with E-state index >= 15 is 0 Å². The number of hydrogen-bond acceptors (Lipinski definition) is 3. The Bertz CT molecular complexity index is 770. The van der Waals surface area contributed by atoms with Crippen LogP contribution in [0.3, 0.4) is 0 Å². The van der Waals surface area contributed by atoms with E-state index in [1.54, 1.807) is 6.08 Å². The predicted octanol–water partition coefficient (Wildman–Crippen LogP) is 2.88. The summed E-state index contributed by atoms with van der Waals surface area (Å²) in [6.07, 6.45) is 11.9. The molecule has 2 bridgehead atoms. The van der Waals surface area contributed by atoms with Crippen molar-refractivity contribution in [2.45, 2.75) is 12.8 Å². The standard InChI is InChI=1S/C20H18N2O2/c23-18-16-14-8-9-15(20(14)10-11-20)17(16)19(24)22(18)21-12-4-7-13-5-2-1-3-6-13/h1-9,12,14-17H,10-11H2/b7-4+,21-12-/t14-,15-,16+,17+/m1/s1. The van der Waals surface area contributed by atoms with Gasteiger partial charge in [0.25, 0.3) is 11.8 Å². The first-order valence-electron chi connectivity index (χ1n) is 8.54. The summed E-state index contributed by atoms with van der Waals surface area (Å²) in [6.45, 7) is 0. The number of imide groups is 1. The van der Waals surface area contributed by atoms with Crippen LogP contribution in [0.1, 0.15) is 18.4 Å². The van der Waals surface area contributed by atoms with Gasteiger partial charge < -0.3 is 0 Å². The van der Waals surface area contributed by atoms with E-state index in [0.717, 1.165) is 23.4 Å². The molecule has 1 aromatic carbocycles. The van der Waals surface area contributed by atoms with Crippen molar-refractivity contribution in [3.63, 3.8) is 0 Å². The van der Waals surface area contributed by atoms with Gasteiger partial charge in [-0.25, -0.2) is 0 Å². The number of hydrogen-bond donors (Lipinski definition) is 0. The van der Waals surface area contributed by atoms with Crippen LogP contribution in [-0.2, 0) is 9.59 Å². The Morgan fingerprint density at radius 2 is 1.62 bits per heavy atom. The fourth-order valence-corrected chi connectivity index (χ4v) is 5.00. The zero-order chi connectivity index (χ0) is 16.3. The summed E-state index contributed by atoms with van der Waals surface area (Å²) in [5, 5.41) is 5.25. The molecule has 4 heteroatoms. The van der Waals surface area contributed by atoms with Crippen LogP contribution in [0.4, 0.5) is 0 Å². The van der Waals surface area contributed by atoms with Crippen molar-refractivity contribution in [2.24, 2.45) is 34.2 Å². The predicted molar refractivity (Wildman–Crippen MR) is 90.6 cm³/mol. The van der Waals surface area contributed by atoms with E-state index in [1.807, 2.05) is 36.4 Å². The maximum atomic E-state index is 12.7. The van der Waals surface area contributed by atoms with Gasteiger partial charge in [-0.15, -0.1) is 0 Å². The van der Waals surface area contributed by atoms with Gasteiger partial charge in [0, 0.05) is 6.21 Å². The first kappa shape index (κ1) is 13.9. The Hall–Kier alpha value is -2.49. The third-order valence-corrected chi connectivity index (χ3v) is 6.19. The quantitative estimate of drug-likeness (QED) is 0.489. The molecule has 1 heterocycles. The van der Waals surface area contributed by atoms with Gasteiger partial charge in [0.05, 0.1) is 11.8 Å². The second-order valence-corrected chi connectivity index (χ2v) is 7.24. The maximum Gasteiger partial charge on any atom is 0.254 e. The minimum Gasteiger partial charge on any atom is -0.272 e. The highest BCUT2D eigenvalue weighted by Gasteiger charge is 2.73. The summed E-state index contributed by atoms with van der Waals surface area (Å²) >= 11 is 0. The SMILES string of the molecule is O=C1[C@@H]2[C@@H](C(=O)N1/N=C\C=C\c1ccccc1)[C@H]1C=C[C@H]2C12CC2. The van der Waals surface area contributed by atoms with Crippen molar-refractivity contribution < 1.29 is 9.59 Å². The van der Waals surface area contributed by atoms with E-state index in [4.69, 9.17) is 0 Å². The first-order valence-corrected chi connectivity index (χ1v) is 8.54. The average molecular weight is 318 g/mol. The first-order chi connectivity index (χ1) is 11.7. The van der Waals surface area contributed by atoms with Crippen LogP contribution in [0.5, 0.6) is 0 Å². The van der Waals surface area contributed by atoms with Gasteiger partial charge in [0.2, 0.25) is 0 Å².